The minimum Gasteiger partial charge on any atom is -0.481 e. The molecule has 39 heavy (non-hydrogen) atoms. The van der Waals surface area contributed by atoms with Gasteiger partial charge in [-0.05, 0) is 35.3 Å². The molecule has 0 aliphatic heterocycles. The summed E-state index contributed by atoms with van der Waals surface area (Å²) in [5.74, 6) is -3.27. The van der Waals surface area contributed by atoms with Crippen LogP contribution >= 0.6 is 0 Å². The van der Waals surface area contributed by atoms with Crippen molar-refractivity contribution in [3.8, 4) is 0 Å². The van der Waals surface area contributed by atoms with E-state index in [-0.39, 0.29) is 5.92 Å². The SMILES string of the molecule is CCCCCCCCCCCCCCCCCCC(C)(C(=O)O)C1C=C(C(C)(C)C)C(O)(O)C(C(C)(C)C)=C1. The fraction of sp³-hybridized carbons (Fsp3) is 0.857. The zero-order valence-corrected chi connectivity index (χ0v) is 27.0. The van der Waals surface area contributed by atoms with Crippen molar-refractivity contribution in [2.45, 2.75) is 170 Å². The molecular weight excluding hydrogens is 484 g/mol. The van der Waals surface area contributed by atoms with Crippen LogP contribution in [0.2, 0.25) is 0 Å². The first-order valence-electron chi connectivity index (χ1n) is 16.2. The van der Waals surface area contributed by atoms with Gasteiger partial charge in [-0.3, -0.25) is 4.79 Å². The van der Waals surface area contributed by atoms with Gasteiger partial charge in [-0.15, -0.1) is 0 Å². The van der Waals surface area contributed by atoms with Crippen LogP contribution in [0.1, 0.15) is 165 Å². The summed E-state index contributed by atoms with van der Waals surface area (Å²) < 4.78 is 0. The first kappa shape index (κ1) is 35.9. The molecule has 1 atom stereocenters. The molecule has 0 saturated heterocycles. The lowest BCUT2D eigenvalue weighted by Gasteiger charge is -2.46. The van der Waals surface area contributed by atoms with Gasteiger partial charge in [0.15, 0.2) is 0 Å². The summed E-state index contributed by atoms with van der Waals surface area (Å²) in [4.78, 5) is 12.6. The first-order chi connectivity index (χ1) is 18.1. The molecule has 4 heteroatoms. The smallest absolute Gasteiger partial charge is 0.310 e. The second-order valence-electron chi connectivity index (χ2n) is 14.6. The van der Waals surface area contributed by atoms with Gasteiger partial charge in [0.1, 0.15) is 0 Å². The minimum absolute atomic E-state index is 0.387. The molecule has 0 saturated carbocycles. The van der Waals surface area contributed by atoms with E-state index in [1.165, 1.54) is 83.5 Å². The van der Waals surface area contributed by atoms with Gasteiger partial charge < -0.3 is 15.3 Å². The number of carboxylic acid groups (broad SMARTS) is 1. The van der Waals surface area contributed by atoms with Gasteiger partial charge in [0, 0.05) is 5.92 Å². The van der Waals surface area contributed by atoms with Crippen LogP contribution in [-0.4, -0.2) is 27.1 Å². The van der Waals surface area contributed by atoms with Crippen molar-refractivity contribution in [2.75, 3.05) is 0 Å². The fourth-order valence-electron chi connectivity index (χ4n) is 6.15. The van der Waals surface area contributed by atoms with E-state index in [9.17, 15) is 20.1 Å². The molecule has 0 aromatic carbocycles. The van der Waals surface area contributed by atoms with E-state index in [0.717, 1.165) is 19.3 Å². The summed E-state index contributed by atoms with van der Waals surface area (Å²) >= 11 is 0. The molecule has 1 aliphatic rings. The molecule has 0 fully saturated rings. The van der Waals surface area contributed by atoms with Crippen LogP contribution in [0.25, 0.3) is 0 Å². The Hall–Kier alpha value is -1.13. The van der Waals surface area contributed by atoms with Gasteiger partial charge in [-0.25, -0.2) is 0 Å². The van der Waals surface area contributed by atoms with E-state index in [2.05, 4.69) is 6.92 Å². The molecule has 0 amide bonds. The molecule has 0 spiro atoms. The molecule has 1 rings (SSSR count). The van der Waals surface area contributed by atoms with Crippen LogP contribution in [0.3, 0.4) is 0 Å². The predicted octanol–water partition coefficient (Wildman–Crippen LogP) is 9.98. The monoisotopic (exact) mass is 548 g/mol. The number of aliphatic hydroxyl groups is 2. The van der Waals surface area contributed by atoms with E-state index in [1.807, 2.05) is 60.6 Å². The average molecular weight is 549 g/mol. The fourth-order valence-corrected chi connectivity index (χ4v) is 6.15. The van der Waals surface area contributed by atoms with Crippen LogP contribution in [0.4, 0.5) is 0 Å². The lowest BCUT2D eigenvalue weighted by Crippen LogP contribution is -2.47. The third-order valence-electron chi connectivity index (χ3n) is 8.83. The molecule has 0 aromatic rings. The number of allylic oxidation sites excluding steroid dienone is 2. The van der Waals surface area contributed by atoms with Crippen molar-refractivity contribution < 1.29 is 20.1 Å². The predicted molar refractivity (Wildman–Crippen MR) is 166 cm³/mol. The highest BCUT2D eigenvalue weighted by Crippen LogP contribution is 2.50. The number of rotatable bonds is 19. The van der Waals surface area contributed by atoms with Crippen LogP contribution in [0.15, 0.2) is 23.3 Å². The van der Waals surface area contributed by atoms with Crippen LogP contribution in [0, 0.1) is 22.2 Å². The number of carbonyl (C=O) groups is 1. The maximum Gasteiger partial charge on any atom is 0.310 e. The third kappa shape index (κ3) is 11.7. The Morgan fingerprint density at radius 2 is 0.949 bits per heavy atom. The summed E-state index contributed by atoms with van der Waals surface area (Å²) in [6.07, 6.45) is 25.0. The summed E-state index contributed by atoms with van der Waals surface area (Å²) in [7, 11) is 0. The van der Waals surface area contributed by atoms with Gasteiger partial charge in [0.2, 0.25) is 5.79 Å². The number of hydrogen-bond acceptors (Lipinski definition) is 3. The Morgan fingerprint density at radius 1 is 0.641 bits per heavy atom. The topological polar surface area (TPSA) is 77.8 Å². The highest BCUT2D eigenvalue weighted by atomic mass is 16.5. The zero-order chi connectivity index (χ0) is 29.7. The van der Waals surface area contributed by atoms with Crippen LogP contribution in [0.5, 0.6) is 0 Å². The van der Waals surface area contributed by atoms with Gasteiger partial charge in [-0.1, -0.05) is 163 Å². The van der Waals surface area contributed by atoms with Gasteiger partial charge in [-0.2, -0.15) is 0 Å². The maximum absolute atomic E-state index is 12.6. The summed E-state index contributed by atoms with van der Waals surface area (Å²) in [6, 6.07) is 0. The average Bonchev–Trinajstić information content (AvgIpc) is 2.81. The van der Waals surface area contributed by atoms with Crippen molar-refractivity contribution in [2.24, 2.45) is 22.2 Å². The second kappa shape index (κ2) is 16.3. The molecule has 228 valence electrons. The Morgan fingerprint density at radius 3 is 1.23 bits per heavy atom. The molecule has 4 nitrogen and oxygen atoms in total. The quantitative estimate of drug-likeness (QED) is 0.0852. The standard InChI is InChI=1S/C35H64O4/c1-9-10-11-12-13-14-15-16-17-18-19-20-21-22-23-24-25-34(8,31(36)37)28-26-29(32(2,3)4)35(38,39)30(27-28)33(5,6)7/h26-28,38-39H,9-25H2,1-8H3,(H,36,37). The minimum atomic E-state index is -2.07. The van der Waals surface area contributed by atoms with E-state index >= 15 is 0 Å². The molecule has 3 N–H and O–H groups in total. The second-order valence-corrected chi connectivity index (χ2v) is 14.6. The summed E-state index contributed by atoms with van der Waals surface area (Å²) in [5, 5.41) is 32.7. The van der Waals surface area contributed by atoms with Gasteiger partial charge >= 0.3 is 5.97 Å². The molecule has 0 radical (unpaired) electrons. The van der Waals surface area contributed by atoms with E-state index in [0.29, 0.717) is 17.6 Å². The molecule has 0 bridgehead atoms. The van der Waals surface area contributed by atoms with Crippen molar-refractivity contribution >= 4 is 5.97 Å². The van der Waals surface area contributed by atoms with Gasteiger partial charge in [0.05, 0.1) is 5.41 Å². The molecule has 1 unspecified atom stereocenters. The van der Waals surface area contributed by atoms with Crippen molar-refractivity contribution in [1.82, 2.24) is 0 Å². The first-order valence-corrected chi connectivity index (χ1v) is 16.2. The Bertz CT molecular complexity index is 743. The molecular formula is C35H64O4. The number of unbranched alkanes of at least 4 members (excludes halogenated alkanes) is 15. The summed E-state index contributed by atoms with van der Waals surface area (Å²) in [6.45, 7) is 15.8. The van der Waals surface area contributed by atoms with Crippen molar-refractivity contribution in [3.63, 3.8) is 0 Å². The molecule has 1 aliphatic carbocycles. The number of carboxylic acids is 1. The molecule has 0 heterocycles. The van der Waals surface area contributed by atoms with Crippen LogP contribution in [-0.2, 0) is 4.79 Å². The number of hydrogen-bond donors (Lipinski definition) is 3. The highest BCUT2D eigenvalue weighted by molar-refractivity contribution is 5.75. The largest absolute Gasteiger partial charge is 0.481 e. The van der Waals surface area contributed by atoms with E-state index in [1.54, 1.807) is 0 Å². The van der Waals surface area contributed by atoms with Crippen LogP contribution < -0.4 is 0 Å². The zero-order valence-electron chi connectivity index (χ0n) is 27.0. The third-order valence-corrected chi connectivity index (χ3v) is 8.83. The van der Waals surface area contributed by atoms with E-state index in [4.69, 9.17) is 0 Å². The normalized spacial score (nSPS) is 18.0. The Balaban J connectivity index is 2.52. The Kier molecular flexibility index (Phi) is 15.0. The van der Waals surface area contributed by atoms with E-state index < -0.39 is 28.0 Å². The maximum atomic E-state index is 12.6. The highest BCUT2D eigenvalue weighted by Gasteiger charge is 2.50. The van der Waals surface area contributed by atoms with Crippen molar-refractivity contribution in [1.29, 1.82) is 0 Å². The van der Waals surface area contributed by atoms with Crippen molar-refractivity contribution in [3.05, 3.63) is 23.3 Å². The van der Waals surface area contributed by atoms with Gasteiger partial charge in [0.25, 0.3) is 0 Å². The Labute approximate surface area is 241 Å². The lowest BCUT2D eigenvalue weighted by atomic mass is 9.62. The molecule has 0 aromatic heterocycles. The lowest BCUT2D eigenvalue weighted by molar-refractivity contribution is -0.151. The number of aliphatic carboxylic acids is 1. The summed E-state index contributed by atoms with van der Waals surface area (Å²) in [5.41, 5.74) is -1.00.